The molecule has 1 aromatic carbocycles. The second-order valence-corrected chi connectivity index (χ2v) is 7.20. The van der Waals surface area contributed by atoms with Crippen LogP contribution in [0.4, 0.5) is 5.69 Å². The minimum absolute atomic E-state index is 0.532. The minimum Gasteiger partial charge on any atom is -0.367 e. The van der Waals surface area contributed by atoms with Crippen LogP contribution in [0.2, 0.25) is 0 Å². The van der Waals surface area contributed by atoms with Gasteiger partial charge in [0, 0.05) is 36.2 Å². The van der Waals surface area contributed by atoms with Crippen molar-refractivity contribution in [2.45, 2.75) is 46.3 Å². The summed E-state index contributed by atoms with van der Waals surface area (Å²) in [6, 6.07) is 9.70. The second-order valence-electron chi connectivity index (χ2n) is 6.20. The van der Waals surface area contributed by atoms with Crippen molar-refractivity contribution in [3.8, 4) is 0 Å². The van der Waals surface area contributed by atoms with Crippen molar-refractivity contribution in [2.75, 3.05) is 11.4 Å². The molecule has 1 aromatic heterocycles. The van der Waals surface area contributed by atoms with E-state index in [9.17, 15) is 0 Å². The number of benzene rings is 1. The Bertz CT molecular complexity index is 615. The number of hydrogen-bond acceptors (Lipinski definition) is 3. The summed E-state index contributed by atoms with van der Waals surface area (Å²) in [5.41, 5.74) is 5.66. The molecule has 0 radical (unpaired) electrons. The fourth-order valence-electron chi connectivity index (χ4n) is 2.96. The van der Waals surface area contributed by atoms with Gasteiger partial charge in [0.1, 0.15) is 0 Å². The van der Waals surface area contributed by atoms with Gasteiger partial charge in [0.25, 0.3) is 0 Å². The molecule has 0 amide bonds. The quantitative estimate of drug-likeness (QED) is 0.914. The van der Waals surface area contributed by atoms with Crippen molar-refractivity contribution in [1.29, 1.82) is 0 Å². The molecule has 0 unspecified atom stereocenters. The molecular weight excluding hydrogens is 276 g/mol. The molecule has 0 aliphatic carbocycles. The Hall–Kier alpha value is -1.32. The molecule has 1 aliphatic rings. The van der Waals surface area contributed by atoms with Gasteiger partial charge in [-0.05, 0) is 47.5 Å². The Morgan fingerprint density at radius 2 is 2.14 bits per heavy atom. The van der Waals surface area contributed by atoms with Crippen LogP contribution >= 0.6 is 11.3 Å². The maximum atomic E-state index is 3.49. The largest absolute Gasteiger partial charge is 0.367 e. The minimum atomic E-state index is 0.532. The van der Waals surface area contributed by atoms with Crippen LogP contribution < -0.4 is 10.2 Å². The van der Waals surface area contributed by atoms with Crippen LogP contribution in [0.1, 0.15) is 35.4 Å². The van der Waals surface area contributed by atoms with Gasteiger partial charge in [-0.2, -0.15) is 0 Å². The molecule has 2 aromatic rings. The van der Waals surface area contributed by atoms with Crippen molar-refractivity contribution < 1.29 is 0 Å². The Morgan fingerprint density at radius 1 is 1.29 bits per heavy atom. The number of anilines is 1. The van der Waals surface area contributed by atoms with Crippen molar-refractivity contribution in [1.82, 2.24) is 5.32 Å². The number of nitrogens with one attached hydrogen (secondary N) is 1. The lowest BCUT2D eigenvalue weighted by molar-refractivity contribution is 0.588. The van der Waals surface area contributed by atoms with Gasteiger partial charge >= 0.3 is 0 Å². The van der Waals surface area contributed by atoms with Crippen molar-refractivity contribution in [2.24, 2.45) is 0 Å². The molecule has 2 nitrogen and oxygen atoms in total. The van der Waals surface area contributed by atoms with E-state index in [-0.39, 0.29) is 0 Å². The first-order chi connectivity index (χ1) is 10.1. The number of aryl methyl sites for hydroxylation is 1. The number of rotatable bonds is 4. The van der Waals surface area contributed by atoms with E-state index in [1.807, 2.05) is 11.3 Å². The van der Waals surface area contributed by atoms with Crippen LogP contribution in [0, 0.1) is 6.92 Å². The predicted octanol–water partition coefficient (Wildman–Crippen LogP) is 4.12. The van der Waals surface area contributed by atoms with Gasteiger partial charge in [0.05, 0.1) is 0 Å². The topological polar surface area (TPSA) is 15.3 Å². The first kappa shape index (κ1) is 14.6. The van der Waals surface area contributed by atoms with E-state index in [0.717, 1.165) is 19.6 Å². The third kappa shape index (κ3) is 3.30. The molecule has 3 heteroatoms. The van der Waals surface area contributed by atoms with Gasteiger partial charge in [-0.3, -0.25) is 0 Å². The summed E-state index contributed by atoms with van der Waals surface area (Å²) in [4.78, 5) is 4.09. The second kappa shape index (κ2) is 6.20. The predicted molar refractivity (Wildman–Crippen MR) is 92.2 cm³/mol. The van der Waals surface area contributed by atoms with Crippen LogP contribution in [-0.4, -0.2) is 12.6 Å². The molecule has 112 valence electrons. The first-order valence-corrected chi connectivity index (χ1v) is 8.64. The van der Waals surface area contributed by atoms with Crippen LogP contribution in [-0.2, 0) is 19.5 Å². The zero-order valence-corrected chi connectivity index (χ0v) is 14.0. The molecular formula is C18H24N2S. The van der Waals surface area contributed by atoms with E-state index >= 15 is 0 Å². The maximum absolute atomic E-state index is 3.49. The van der Waals surface area contributed by atoms with Crippen LogP contribution in [0.5, 0.6) is 0 Å². The summed E-state index contributed by atoms with van der Waals surface area (Å²) in [5, 5.41) is 5.71. The van der Waals surface area contributed by atoms with Crippen molar-refractivity contribution in [3.05, 3.63) is 51.2 Å². The number of hydrogen-bond donors (Lipinski definition) is 1. The first-order valence-electron chi connectivity index (χ1n) is 7.76. The van der Waals surface area contributed by atoms with Gasteiger partial charge in [-0.1, -0.05) is 26.0 Å². The van der Waals surface area contributed by atoms with E-state index < -0.39 is 0 Å². The summed E-state index contributed by atoms with van der Waals surface area (Å²) < 4.78 is 0. The van der Waals surface area contributed by atoms with Crippen LogP contribution in [0.25, 0.3) is 0 Å². The lowest BCUT2D eigenvalue weighted by atomic mass is 10.0. The molecule has 0 saturated carbocycles. The van der Waals surface area contributed by atoms with E-state index in [2.05, 4.69) is 60.6 Å². The summed E-state index contributed by atoms with van der Waals surface area (Å²) >= 11 is 1.90. The zero-order valence-electron chi connectivity index (χ0n) is 13.1. The number of thiophene rings is 1. The Labute approximate surface area is 131 Å². The van der Waals surface area contributed by atoms with Gasteiger partial charge in [-0.15, -0.1) is 11.3 Å². The normalized spacial score (nSPS) is 14.6. The Morgan fingerprint density at radius 3 is 2.90 bits per heavy atom. The van der Waals surface area contributed by atoms with Gasteiger partial charge < -0.3 is 10.2 Å². The van der Waals surface area contributed by atoms with Gasteiger partial charge in [0.15, 0.2) is 0 Å². The molecule has 1 aliphatic heterocycles. The highest BCUT2D eigenvalue weighted by Crippen LogP contribution is 2.30. The highest BCUT2D eigenvalue weighted by Gasteiger charge is 2.18. The molecule has 1 N–H and O–H groups in total. The molecule has 2 heterocycles. The number of nitrogens with zero attached hydrogens (tertiary/aromatic N) is 1. The molecule has 0 spiro atoms. The summed E-state index contributed by atoms with van der Waals surface area (Å²) in [6.07, 6.45) is 1.18. The van der Waals surface area contributed by atoms with E-state index in [1.54, 1.807) is 4.88 Å². The van der Waals surface area contributed by atoms with E-state index in [1.165, 1.54) is 28.8 Å². The fraction of sp³-hybridized carbons (Fsp3) is 0.444. The standard InChI is InChI=1S/C18H24N2S/c1-13(2)19-11-15-4-5-17(14(3)10-15)20-8-6-18-16(12-20)7-9-21-18/h4-5,7,9-10,13,19H,6,8,11-12H2,1-3H3. The van der Waals surface area contributed by atoms with E-state index in [0.29, 0.717) is 6.04 Å². The monoisotopic (exact) mass is 300 g/mol. The lowest BCUT2D eigenvalue weighted by Crippen LogP contribution is -2.30. The summed E-state index contributed by atoms with van der Waals surface area (Å²) in [5.74, 6) is 0. The highest BCUT2D eigenvalue weighted by atomic mass is 32.1. The molecule has 0 atom stereocenters. The average molecular weight is 300 g/mol. The van der Waals surface area contributed by atoms with Crippen LogP contribution in [0.15, 0.2) is 29.6 Å². The third-order valence-corrected chi connectivity index (χ3v) is 5.15. The number of fused-ring (bicyclic) bond motifs is 1. The Balaban J connectivity index is 1.74. The maximum Gasteiger partial charge on any atom is 0.0440 e. The molecule has 0 saturated heterocycles. The van der Waals surface area contributed by atoms with Crippen molar-refractivity contribution in [3.63, 3.8) is 0 Å². The molecule has 21 heavy (non-hydrogen) atoms. The highest BCUT2D eigenvalue weighted by molar-refractivity contribution is 7.10. The van der Waals surface area contributed by atoms with Crippen LogP contribution in [0.3, 0.4) is 0 Å². The van der Waals surface area contributed by atoms with Gasteiger partial charge in [0.2, 0.25) is 0 Å². The van der Waals surface area contributed by atoms with Crippen molar-refractivity contribution >= 4 is 17.0 Å². The Kier molecular flexibility index (Phi) is 4.32. The molecule has 0 bridgehead atoms. The third-order valence-electron chi connectivity index (χ3n) is 4.12. The fourth-order valence-corrected chi connectivity index (χ4v) is 3.85. The summed E-state index contributed by atoms with van der Waals surface area (Å²) in [7, 11) is 0. The summed E-state index contributed by atoms with van der Waals surface area (Å²) in [6.45, 7) is 9.76. The zero-order chi connectivity index (χ0) is 14.8. The smallest absolute Gasteiger partial charge is 0.0440 e. The molecule has 0 fully saturated rings. The van der Waals surface area contributed by atoms with Gasteiger partial charge in [-0.25, -0.2) is 0 Å². The lowest BCUT2D eigenvalue weighted by Gasteiger charge is -2.30. The SMILES string of the molecule is Cc1cc(CNC(C)C)ccc1N1CCc2sccc2C1. The average Bonchev–Trinajstić information content (AvgIpc) is 2.92. The van der Waals surface area contributed by atoms with E-state index in [4.69, 9.17) is 0 Å². The molecule has 3 rings (SSSR count).